The van der Waals surface area contributed by atoms with Crippen LogP contribution < -0.4 is 25.5 Å². The number of ether oxygens (including phenoxy) is 2. The number of aliphatic hydroxyl groups excluding tert-OH is 1. The SMILES string of the molecule is COc1ccc([Si](C)(C)[C@@H]2[C@@H](CCn3cc(CCO)nn3)O[C@]3(C(=O)N(Cc4ccc(NC(=O)[C@H]5CCCN5)cc4)c4ccc([N+](=O)[O-])cc43)[C@H]2C)cc1. The first-order chi connectivity index (χ1) is 26.0. The summed E-state index contributed by atoms with van der Waals surface area (Å²) in [6.07, 6.45) is 4.10. The number of fused-ring (bicyclic) bond motifs is 2. The second-order valence-electron chi connectivity index (χ2n) is 15.1. The summed E-state index contributed by atoms with van der Waals surface area (Å²) in [5, 5.41) is 37.4. The molecule has 3 aliphatic rings. The number of nitro groups is 1. The Hall–Kier alpha value is -4.96. The van der Waals surface area contributed by atoms with Crippen molar-refractivity contribution in [1.29, 1.82) is 0 Å². The Morgan fingerprint density at radius 2 is 1.93 bits per heavy atom. The van der Waals surface area contributed by atoms with Crippen LogP contribution in [0.25, 0.3) is 0 Å². The van der Waals surface area contributed by atoms with Gasteiger partial charge in [-0.15, -0.1) is 5.10 Å². The molecule has 0 bridgehead atoms. The van der Waals surface area contributed by atoms with E-state index in [0.717, 1.165) is 30.7 Å². The first-order valence-electron chi connectivity index (χ1n) is 18.5. The topological polar surface area (TPSA) is 174 Å². The van der Waals surface area contributed by atoms with E-state index in [1.54, 1.807) is 22.8 Å². The van der Waals surface area contributed by atoms with Gasteiger partial charge in [-0.1, -0.05) is 54.7 Å². The van der Waals surface area contributed by atoms with Gasteiger partial charge in [-0.05, 0) is 67.2 Å². The fourth-order valence-corrected chi connectivity index (χ4v) is 12.9. The van der Waals surface area contributed by atoms with Crippen LogP contribution in [0.15, 0.2) is 72.9 Å². The van der Waals surface area contributed by atoms with Crippen LogP contribution in [0.4, 0.5) is 17.1 Å². The Balaban J connectivity index is 1.24. The molecule has 3 N–H and O–H groups in total. The largest absolute Gasteiger partial charge is 0.497 e. The summed E-state index contributed by atoms with van der Waals surface area (Å²) in [6.45, 7) is 8.10. The van der Waals surface area contributed by atoms with Crippen LogP contribution in [0.1, 0.15) is 43.0 Å². The van der Waals surface area contributed by atoms with Crippen molar-refractivity contribution in [3.05, 3.63) is 99.9 Å². The molecule has 1 aromatic heterocycles. The average Bonchev–Trinajstić information content (AvgIpc) is 3.97. The number of aliphatic hydroxyl groups is 1. The van der Waals surface area contributed by atoms with Crippen LogP contribution in [-0.4, -0.2) is 77.3 Å². The standard InChI is InChI=1S/C39H47N7O7Si/c1-25-36(54(3,4)31-14-12-30(52-2)13-15-31)35(17-20-44-24-28(18-21-47)42-43-44)53-39(25)32-22-29(46(50)51)11-16-34(32)45(38(39)49)23-26-7-9-27(10-8-26)41-37(48)33-6-5-19-40-33/h7-16,22,24-25,33,35-36,40,47H,5-6,17-21,23H2,1-4H3,(H,41,48)/t25-,33+,35+,36-,39+/m0/s1. The third-order valence-electron chi connectivity index (χ3n) is 11.6. The Bertz CT molecular complexity index is 2020. The molecule has 0 saturated carbocycles. The summed E-state index contributed by atoms with van der Waals surface area (Å²) < 4.78 is 14.3. The normalized spacial score (nSPS) is 23.6. The predicted molar refractivity (Wildman–Crippen MR) is 205 cm³/mol. The summed E-state index contributed by atoms with van der Waals surface area (Å²) in [4.78, 5) is 41.3. The number of nitrogens with one attached hydrogen (secondary N) is 2. The third-order valence-corrected chi connectivity index (χ3v) is 15.9. The first-order valence-corrected chi connectivity index (χ1v) is 21.6. The molecule has 2 saturated heterocycles. The van der Waals surface area contributed by atoms with Gasteiger partial charge in [0.15, 0.2) is 5.60 Å². The second-order valence-corrected chi connectivity index (χ2v) is 19.8. The molecule has 0 radical (unpaired) electrons. The molecule has 0 aliphatic carbocycles. The third kappa shape index (κ3) is 6.80. The van der Waals surface area contributed by atoms with Gasteiger partial charge in [-0.3, -0.25) is 24.4 Å². The number of rotatable bonds is 13. The van der Waals surface area contributed by atoms with E-state index in [2.05, 4.69) is 53.1 Å². The first kappa shape index (κ1) is 37.4. The Kier molecular flexibility index (Phi) is 10.4. The zero-order valence-electron chi connectivity index (χ0n) is 31.0. The molecular weight excluding hydrogens is 707 g/mol. The smallest absolute Gasteiger partial charge is 0.269 e. The summed E-state index contributed by atoms with van der Waals surface area (Å²) >= 11 is 0. The number of carbonyl (C=O) groups excluding carboxylic acids is 2. The van der Waals surface area contributed by atoms with Crippen molar-refractivity contribution in [1.82, 2.24) is 20.3 Å². The van der Waals surface area contributed by atoms with Crippen LogP contribution in [-0.2, 0) is 39.4 Å². The molecule has 15 heteroatoms. The lowest BCUT2D eigenvalue weighted by molar-refractivity contribution is -0.385. The number of amides is 2. The van der Waals surface area contributed by atoms with Crippen molar-refractivity contribution in [2.24, 2.45) is 5.92 Å². The van der Waals surface area contributed by atoms with Gasteiger partial charge in [0.25, 0.3) is 11.6 Å². The number of nitro benzene ring substituents is 1. The van der Waals surface area contributed by atoms with Crippen molar-refractivity contribution in [3.63, 3.8) is 0 Å². The summed E-state index contributed by atoms with van der Waals surface area (Å²) in [6, 6.07) is 19.9. The molecule has 0 unspecified atom stereocenters. The number of aromatic nitrogens is 3. The highest BCUT2D eigenvalue weighted by molar-refractivity contribution is 6.91. The van der Waals surface area contributed by atoms with E-state index < -0.39 is 24.7 Å². The van der Waals surface area contributed by atoms with Crippen molar-refractivity contribution >= 4 is 42.1 Å². The van der Waals surface area contributed by atoms with Gasteiger partial charge in [-0.2, -0.15) is 0 Å². The molecule has 14 nitrogen and oxygen atoms in total. The monoisotopic (exact) mass is 753 g/mol. The minimum absolute atomic E-state index is 0.0306. The van der Waals surface area contributed by atoms with E-state index >= 15 is 4.79 Å². The van der Waals surface area contributed by atoms with Gasteiger partial charge in [0.2, 0.25) is 5.91 Å². The number of benzene rings is 3. The van der Waals surface area contributed by atoms with Crippen LogP contribution in [0.5, 0.6) is 5.75 Å². The highest BCUT2D eigenvalue weighted by Crippen LogP contribution is 2.60. The van der Waals surface area contributed by atoms with E-state index in [1.165, 1.54) is 17.3 Å². The molecule has 2 fully saturated rings. The van der Waals surface area contributed by atoms with Crippen molar-refractivity contribution < 1.29 is 29.1 Å². The van der Waals surface area contributed by atoms with E-state index in [9.17, 15) is 20.0 Å². The number of aryl methyl sites for hydroxylation is 1. The fourth-order valence-electron chi connectivity index (χ4n) is 8.79. The number of non-ortho nitro benzene ring substituents is 1. The summed E-state index contributed by atoms with van der Waals surface area (Å²) in [5.74, 6) is 0.0703. The van der Waals surface area contributed by atoms with E-state index in [0.29, 0.717) is 42.0 Å². The lowest BCUT2D eigenvalue weighted by atomic mass is 9.82. The Labute approximate surface area is 315 Å². The maximum atomic E-state index is 15.1. The molecule has 7 rings (SSSR count). The molecule has 54 heavy (non-hydrogen) atoms. The quantitative estimate of drug-likeness (QED) is 0.102. The van der Waals surface area contributed by atoms with Crippen molar-refractivity contribution in [2.75, 3.05) is 30.5 Å². The molecule has 2 amide bonds. The Morgan fingerprint density at radius 1 is 1.17 bits per heavy atom. The average molecular weight is 754 g/mol. The maximum Gasteiger partial charge on any atom is 0.269 e. The van der Waals surface area contributed by atoms with Gasteiger partial charge >= 0.3 is 0 Å². The number of nitrogens with zero attached hydrogens (tertiary/aromatic N) is 5. The molecule has 4 aromatic rings. The summed E-state index contributed by atoms with van der Waals surface area (Å²) in [5.41, 5.74) is 1.59. The van der Waals surface area contributed by atoms with Crippen LogP contribution in [0.2, 0.25) is 18.6 Å². The van der Waals surface area contributed by atoms with Crippen molar-refractivity contribution in [3.8, 4) is 5.75 Å². The lowest BCUT2D eigenvalue weighted by Crippen LogP contribution is -2.51. The zero-order chi connectivity index (χ0) is 38.2. The summed E-state index contributed by atoms with van der Waals surface area (Å²) in [7, 11) is -0.828. The van der Waals surface area contributed by atoms with E-state index in [-0.39, 0.29) is 48.2 Å². The molecule has 4 heterocycles. The van der Waals surface area contributed by atoms with E-state index in [4.69, 9.17) is 9.47 Å². The van der Waals surface area contributed by atoms with Gasteiger partial charge in [0.1, 0.15) is 5.75 Å². The minimum Gasteiger partial charge on any atom is -0.497 e. The number of carbonyl (C=O) groups is 2. The van der Waals surface area contributed by atoms with Gasteiger partial charge < -0.3 is 30.1 Å². The van der Waals surface area contributed by atoms with Gasteiger partial charge in [0.05, 0.1) is 50.2 Å². The number of anilines is 2. The lowest BCUT2D eigenvalue weighted by Gasteiger charge is -2.37. The molecule has 1 spiro atoms. The highest BCUT2D eigenvalue weighted by Gasteiger charge is 2.66. The van der Waals surface area contributed by atoms with Gasteiger partial charge in [-0.25, -0.2) is 0 Å². The van der Waals surface area contributed by atoms with Crippen LogP contribution >= 0.6 is 0 Å². The zero-order valence-corrected chi connectivity index (χ0v) is 32.0. The number of methoxy groups -OCH3 is 1. The van der Waals surface area contributed by atoms with Crippen LogP contribution in [0, 0.1) is 16.0 Å². The molecule has 3 aliphatic heterocycles. The molecule has 3 aromatic carbocycles. The van der Waals surface area contributed by atoms with Crippen LogP contribution in [0.3, 0.4) is 0 Å². The maximum absolute atomic E-state index is 15.1. The van der Waals surface area contributed by atoms with E-state index in [1.807, 2.05) is 42.6 Å². The molecule has 5 atom stereocenters. The number of hydrogen-bond acceptors (Lipinski definition) is 10. The fraction of sp³-hybridized carbons (Fsp3) is 0.436. The second kappa shape index (κ2) is 15.0. The number of hydrogen-bond donors (Lipinski definition) is 3. The predicted octanol–water partition coefficient (Wildman–Crippen LogP) is 4.27. The Morgan fingerprint density at radius 3 is 2.59 bits per heavy atom. The molecule has 284 valence electrons. The van der Waals surface area contributed by atoms with Crippen molar-refractivity contribution in [2.45, 2.75) is 82.1 Å². The molecular formula is C39H47N7O7Si. The highest BCUT2D eigenvalue weighted by atomic mass is 28.3. The minimum atomic E-state index is -2.46. The van der Waals surface area contributed by atoms with Gasteiger partial charge in [0, 0.05) is 55.1 Å².